The van der Waals surface area contributed by atoms with Crippen molar-refractivity contribution >= 4 is 21.1 Å². The van der Waals surface area contributed by atoms with Crippen LogP contribution in [0.4, 0.5) is 0 Å². The summed E-state index contributed by atoms with van der Waals surface area (Å²) in [4.78, 5) is 0. The summed E-state index contributed by atoms with van der Waals surface area (Å²) >= 11 is -2.27. The third-order valence-corrected chi connectivity index (χ3v) is 0. The van der Waals surface area contributed by atoms with Gasteiger partial charge in [-0.05, 0) is 0 Å². The average molecular weight is 329 g/mol. The molecule has 0 radical (unpaired) electrons. The number of hydrogen-bond acceptors (Lipinski definition) is 2. The molecule has 0 amide bonds. The normalized spacial score (nSPS) is 2.00. The Labute approximate surface area is 52.7 Å². The average Bonchev–Trinajstić information content (AvgIpc) is 0.918. The first-order valence-corrected chi connectivity index (χ1v) is 2.74. The molecule has 0 heterocycles. The van der Waals surface area contributed by atoms with E-state index in [-0.39, 0.29) is 25.8 Å². The molecule has 0 aromatic heterocycles. The Balaban J connectivity index is 0. The van der Waals surface area contributed by atoms with E-state index < -0.39 is 21.1 Å². The molecule has 0 bridgehead atoms. The van der Waals surface area contributed by atoms with Crippen LogP contribution < -0.4 is 0 Å². The van der Waals surface area contributed by atoms with Crippen molar-refractivity contribution < 1.29 is 32.0 Å². The van der Waals surface area contributed by atoms with Crippen LogP contribution in [0.25, 0.3) is 0 Å². The van der Waals surface area contributed by atoms with Crippen molar-refractivity contribution in [3.63, 3.8) is 0 Å². The first kappa shape index (κ1) is 8.99. The molecule has 0 aromatic rings. The number of rotatable bonds is 0. The van der Waals surface area contributed by atoms with E-state index in [1.54, 1.807) is 0 Å². The molecule has 0 unspecified atom stereocenters. The quantitative estimate of drug-likeness (QED) is 0.555. The molecule has 0 aliphatic carbocycles. The third kappa shape index (κ3) is 10.5. The Hall–Kier alpha value is 1.27. The van der Waals surface area contributed by atoms with Crippen LogP contribution in [-0.2, 0) is 32.0 Å². The molecule has 20 valence electrons. The fraction of sp³-hybridized carbons (Fsp3) is 0. The molecule has 0 aliphatic rings. The monoisotopic (exact) mass is 332 g/mol. The van der Waals surface area contributed by atoms with E-state index in [4.69, 9.17) is 6.15 Å². The van der Waals surface area contributed by atoms with Crippen molar-refractivity contribution in [3.05, 3.63) is 0 Å². The standard InChI is InChI=1S/Hf.2O.Sn. The van der Waals surface area contributed by atoms with Gasteiger partial charge in [0.15, 0.2) is 0 Å². The minimum atomic E-state index is -2.27. The van der Waals surface area contributed by atoms with E-state index in [1.807, 2.05) is 0 Å². The Morgan fingerprint density at radius 3 is 1.25 bits per heavy atom. The van der Waals surface area contributed by atoms with Gasteiger partial charge in [0.05, 0.1) is 0 Å². The van der Waals surface area contributed by atoms with E-state index >= 15 is 0 Å². The van der Waals surface area contributed by atoms with Crippen molar-refractivity contribution in [2.24, 2.45) is 0 Å². The molecule has 0 N–H and O–H groups in total. The van der Waals surface area contributed by atoms with Crippen LogP contribution in [0.15, 0.2) is 0 Å². The third-order valence-electron chi connectivity index (χ3n) is 0. The van der Waals surface area contributed by atoms with E-state index in [0.717, 1.165) is 0 Å². The van der Waals surface area contributed by atoms with Crippen LogP contribution in [0.1, 0.15) is 0 Å². The molecule has 0 aromatic carbocycles. The van der Waals surface area contributed by atoms with Gasteiger partial charge in [0.25, 0.3) is 0 Å². The molecule has 0 fully saturated rings. The maximum atomic E-state index is 8.54. The predicted molar refractivity (Wildman–Crippen MR) is 7.13 cm³/mol. The Kier molecular flexibility index (Phi) is 19.9. The summed E-state index contributed by atoms with van der Waals surface area (Å²) in [7, 11) is 0. The molecular formula is HfO2Sn. The molecule has 2 nitrogen and oxygen atoms in total. The topological polar surface area (TPSA) is 34.1 Å². The Morgan fingerprint density at radius 1 is 1.25 bits per heavy atom. The predicted octanol–water partition coefficient (Wildman–Crippen LogP) is -0.621. The summed E-state index contributed by atoms with van der Waals surface area (Å²) in [5, 5.41) is 0. The van der Waals surface area contributed by atoms with Gasteiger partial charge in [-0.15, -0.1) is 0 Å². The van der Waals surface area contributed by atoms with Crippen molar-refractivity contribution in [1.29, 1.82) is 0 Å². The summed E-state index contributed by atoms with van der Waals surface area (Å²) in [6, 6.07) is 0. The van der Waals surface area contributed by atoms with Crippen molar-refractivity contribution in [2.45, 2.75) is 0 Å². The van der Waals surface area contributed by atoms with Gasteiger partial charge in [-0.1, -0.05) is 0 Å². The zero-order valence-electron chi connectivity index (χ0n) is 1.82. The first-order chi connectivity index (χ1) is 1.41. The van der Waals surface area contributed by atoms with Crippen LogP contribution in [0.3, 0.4) is 0 Å². The van der Waals surface area contributed by atoms with Gasteiger partial charge >= 0.3 is 27.3 Å². The second-order valence-corrected chi connectivity index (χ2v) is 0.559. The molecule has 4 heteroatoms. The van der Waals surface area contributed by atoms with Gasteiger partial charge < -0.3 is 0 Å². The molecule has 0 saturated heterocycles. The summed E-state index contributed by atoms with van der Waals surface area (Å²) in [6.45, 7) is 0. The molecule has 0 rings (SSSR count). The van der Waals surface area contributed by atoms with Crippen LogP contribution >= 0.6 is 0 Å². The van der Waals surface area contributed by atoms with Crippen molar-refractivity contribution in [2.75, 3.05) is 0 Å². The molecule has 0 atom stereocenters. The zero-order chi connectivity index (χ0) is 2.71. The van der Waals surface area contributed by atoms with Gasteiger partial charge in [-0.25, -0.2) is 0 Å². The minimum absolute atomic E-state index is 0. The SMILES string of the molecule is [Hf].[O]=[Sn]=[O]. The van der Waals surface area contributed by atoms with Crippen LogP contribution in [0.5, 0.6) is 0 Å². The first-order valence-electron chi connectivity index (χ1n) is 0.408. The molecular weight excluding hydrogens is 329 g/mol. The van der Waals surface area contributed by atoms with Crippen molar-refractivity contribution in [1.82, 2.24) is 0 Å². The van der Waals surface area contributed by atoms with Crippen LogP contribution in [0, 0.1) is 0 Å². The zero-order valence-corrected chi connectivity index (χ0v) is 8.26. The Bertz CT molecular complexity index is 27.0. The van der Waals surface area contributed by atoms with Crippen molar-refractivity contribution in [3.8, 4) is 0 Å². The van der Waals surface area contributed by atoms with Crippen LogP contribution in [-0.4, -0.2) is 21.1 Å². The van der Waals surface area contributed by atoms with E-state index in [9.17, 15) is 0 Å². The summed E-state index contributed by atoms with van der Waals surface area (Å²) in [6.07, 6.45) is 0. The molecule has 0 saturated carbocycles. The van der Waals surface area contributed by atoms with Gasteiger partial charge in [-0.3, -0.25) is 0 Å². The second kappa shape index (κ2) is 8.86. The second-order valence-electron chi connectivity index (χ2n) is 0.0833. The van der Waals surface area contributed by atoms with E-state index in [1.165, 1.54) is 0 Å². The summed E-state index contributed by atoms with van der Waals surface area (Å²) in [5.74, 6) is 0. The fourth-order valence-electron chi connectivity index (χ4n) is 0. The fourth-order valence-corrected chi connectivity index (χ4v) is 0. The Morgan fingerprint density at radius 2 is 1.25 bits per heavy atom. The van der Waals surface area contributed by atoms with Gasteiger partial charge in [0.2, 0.25) is 0 Å². The molecule has 0 aliphatic heterocycles. The van der Waals surface area contributed by atoms with Crippen LogP contribution in [0.2, 0.25) is 0 Å². The molecule has 0 spiro atoms. The molecule has 4 heavy (non-hydrogen) atoms. The van der Waals surface area contributed by atoms with Gasteiger partial charge in [-0.2, -0.15) is 0 Å². The number of hydrogen-bond donors (Lipinski definition) is 0. The van der Waals surface area contributed by atoms with Gasteiger partial charge in [0, 0.05) is 25.8 Å². The summed E-state index contributed by atoms with van der Waals surface area (Å²) in [5.41, 5.74) is 0. The van der Waals surface area contributed by atoms with Gasteiger partial charge in [0.1, 0.15) is 0 Å². The summed E-state index contributed by atoms with van der Waals surface area (Å²) < 4.78 is 17.1. The van der Waals surface area contributed by atoms with E-state index in [2.05, 4.69) is 0 Å². The maximum absolute atomic E-state index is 8.54. The van der Waals surface area contributed by atoms with E-state index in [0.29, 0.717) is 0 Å².